The van der Waals surface area contributed by atoms with Gasteiger partial charge in [0.25, 0.3) is 0 Å². The lowest BCUT2D eigenvalue weighted by molar-refractivity contribution is -0.123. The van der Waals surface area contributed by atoms with Crippen molar-refractivity contribution >= 4 is 32.4 Å². The van der Waals surface area contributed by atoms with Crippen molar-refractivity contribution in [3.8, 4) is 6.07 Å². The number of piperidine rings is 1. The molecule has 26 heavy (non-hydrogen) atoms. The van der Waals surface area contributed by atoms with Crippen LogP contribution in [0, 0.1) is 17.2 Å². The number of carbonyl (C=O) groups excluding carboxylic acids is 1. The SMILES string of the molecule is CN(C(=O)C1CCN(S(=O)(=O)c2ccccc2C#N)CC1)c1nccs1. The van der Waals surface area contributed by atoms with Crippen LogP contribution in [0.4, 0.5) is 5.13 Å². The monoisotopic (exact) mass is 390 g/mol. The molecule has 1 fully saturated rings. The van der Waals surface area contributed by atoms with Gasteiger partial charge in [-0.05, 0) is 25.0 Å². The number of thiazole rings is 1. The third-order valence-electron chi connectivity index (χ3n) is 4.47. The Morgan fingerprint density at radius 3 is 2.65 bits per heavy atom. The molecule has 1 aliphatic rings. The summed E-state index contributed by atoms with van der Waals surface area (Å²) in [6.07, 6.45) is 2.54. The number of hydrogen-bond acceptors (Lipinski definition) is 6. The fourth-order valence-electron chi connectivity index (χ4n) is 3.02. The first-order valence-corrected chi connectivity index (χ1v) is 10.4. The topological polar surface area (TPSA) is 94.4 Å². The van der Waals surface area contributed by atoms with Crippen LogP contribution in [0.2, 0.25) is 0 Å². The molecule has 2 aromatic rings. The van der Waals surface area contributed by atoms with Crippen molar-refractivity contribution in [3.63, 3.8) is 0 Å². The van der Waals surface area contributed by atoms with E-state index in [0.717, 1.165) is 0 Å². The minimum Gasteiger partial charge on any atom is -0.291 e. The summed E-state index contributed by atoms with van der Waals surface area (Å²) < 4.78 is 27.0. The Labute approximate surface area is 156 Å². The average molecular weight is 390 g/mol. The number of aromatic nitrogens is 1. The highest BCUT2D eigenvalue weighted by Gasteiger charge is 2.34. The standard InChI is InChI=1S/C17H18N4O3S2/c1-20(17-19-8-11-25-17)16(22)13-6-9-21(10-7-13)26(23,24)15-5-3-2-4-14(15)12-18/h2-5,8,11,13H,6-7,9-10H2,1H3. The molecule has 0 radical (unpaired) electrons. The molecule has 1 amide bonds. The van der Waals surface area contributed by atoms with Gasteiger partial charge in [-0.3, -0.25) is 9.69 Å². The normalized spacial score (nSPS) is 16.2. The predicted octanol–water partition coefficient (Wildman–Crippen LogP) is 2.08. The van der Waals surface area contributed by atoms with Crippen molar-refractivity contribution in [1.82, 2.24) is 9.29 Å². The van der Waals surface area contributed by atoms with Gasteiger partial charge in [-0.15, -0.1) is 11.3 Å². The molecule has 0 unspecified atom stereocenters. The summed E-state index contributed by atoms with van der Waals surface area (Å²) in [5, 5.41) is 11.6. The van der Waals surface area contributed by atoms with Gasteiger partial charge in [0.1, 0.15) is 6.07 Å². The van der Waals surface area contributed by atoms with Crippen molar-refractivity contribution < 1.29 is 13.2 Å². The highest BCUT2D eigenvalue weighted by molar-refractivity contribution is 7.89. The smallest absolute Gasteiger partial charge is 0.244 e. The lowest BCUT2D eigenvalue weighted by atomic mass is 9.97. The van der Waals surface area contributed by atoms with Crippen LogP contribution < -0.4 is 4.90 Å². The largest absolute Gasteiger partial charge is 0.291 e. The Bertz CT molecular complexity index is 927. The van der Waals surface area contributed by atoms with Gasteiger partial charge in [0.2, 0.25) is 15.9 Å². The Balaban J connectivity index is 1.70. The molecule has 0 N–H and O–H groups in total. The van der Waals surface area contributed by atoms with Gasteiger partial charge in [-0.1, -0.05) is 12.1 Å². The number of hydrogen-bond donors (Lipinski definition) is 0. The molecule has 3 rings (SSSR count). The number of benzene rings is 1. The zero-order valence-corrected chi connectivity index (χ0v) is 15.8. The fourth-order valence-corrected chi connectivity index (χ4v) is 5.24. The van der Waals surface area contributed by atoms with Crippen molar-refractivity contribution in [1.29, 1.82) is 5.26 Å². The third kappa shape index (κ3) is 3.49. The second-order valence-corrected chi connectivity index (χ2v) is 8.78. The molecule has 0 atom stereocenters. The third-order valence-corrected chi connectivity index (χ3v) is 7.27. The maximum atomic E-state index is 12.8. The van der Waals surface area contributed by atoms with E-state index in [1.54, 1.807) is 30.8 Å². The molecule has 136 valence electrons. The van der Waals surface area contributed by atoms with Crippen LogP contribution in [0.1, 0.15) is 18.4 Å². The highest BCUT2D eigenvalue weighted by atomic mass is 32.2. The van der Waals surface area contributed by atoms with E-state index in [1.165, 1.54) is 32.7 Å². The van der Waals surface area contributed by atoms with E-state index in [9.17, 15) is 13.2 Å². The van der Waals surface area contributed by atoms with Crippen molar-refractivity contribution in [2.45, 2.75) is 17.7 Å². The number of carbonyl (C=O) groups is 1. The van der Waals surface area contributed by atoms with Crippen LogP contribution >= 0.6 is 11.3 Å². The molecule has 7 nitrogen and oxygen atoms in total. The summed E-state index contributed by atoms with van der Waals surface area (Å²) >= 11 is 1.39. The van der Waals surface area contributed by atoms with Crippen LogP contribution in [-0.2, 0) is 14.8 Å². The Morgan fingerprint density at radius 2 is 2.04 bits per heavy atom. The van der Waals surface area contributed by atoms with E-state index in [4.69, 9.17) is 5.26 Å². The van der Waals surface area contributed by atoms with E-state index in [1.807, 2.05) is 6.07 Å². The zero-order valence-electron chi connectivity index (χ0n) is 14.2. The number of sulfonamides is 1. The summed E-state index contributed by atoms with van der Waals surface area (Å²) in [7, 11) is -2.05. The Kier molecular flexibility index (Phi) is 5.36. The number of nitriles is 1. The van der Waals surface area contributed by atoms with Gasteiger partial charge in [-0.2, -0.15) is 9.57 Å². The molecular formula is C17H18N4O3S2. The van der Waals surface area contributed by atoms with Gasteiger partial charge in [0.05, 0.1) is 10.5 Å². The van der Waals surface area contributed by atoms with Crippen LogP contribution in [0.25, 0.3) is 0 Å². The van der Waals surface area contributed by atoms with E-state index < -0.39 is 10.0 Å². The van der Waals surface area contributed by atoms with Gasteiger partial charge in [-0.25, -0.2) is 13.4 Å². The Hall–Kier alpha value is -2.28. The van der Waals surface area contributed by atoms with Gasteiger partial charge >= 0.3 is 0 Å². The van der Waals surface area contributed by atoms with Gasteiger partial charge in [0, 0.05) is 37.6 Å². The molecule has 0 bridgehead atoms. The van der Waals surface area contributed by atoms with E-state index >= 15 is 0 Å². The summed E-state index contributed by atoms with van der Waals surface area (Å²) in [6.45, 7) is 0.508. The first-order chi connectivity index (χ1) is 12.4. The molecule has 1 saturated heterocycles. The molecule has 1 aliphatic heterocycles. The maximum absolute atomic E-state index is 12.8. The Morgan fingerprint density at radius 1 is 1.35 bits per heavy atom. The molecule has 0 aliphatic carbocycles. The molecule has 0 saturated carbocycles. The second-order valence-electron chi connectivity index (χ2n) is 6.00. The predicted molar refractivity (Wildman–Crippen MR) is 98.2 cm³/mol. The lowest BCUT2D eigenvalue weighted by Gasteiger charge is -2.32. The minimum atomic E-state index is -3.74. The van der Waals surface area contributed by atoms with Crippen LogP contribution in [0.15, 0.2) is 40.7 Å². The fraction of sp³-hybridized carbons (Fsp3) is 0.353. The van der Waals surface area contributed by atoms with E-state index in [2.05, 4.69) is 4.98 Å². The number of rotatable bonds is 4. The summed E-state index contributed by atoms with van der Waals surface area (Å²) in [4.78, 5) is 18.3. The molecule has 9 heteroatoms. The van der Waals surface area contributed by atoms with Crippen LogP contribution in [0.5, 0.6) is 0 Å². The number of amides is 1. The van der Waals surface area contributed by atoms with Crippen LogP contribution in [0.3, 0.4) is 0 Å². The van der Waals surface area contributed by atoms with Gasteiger partial charge in [0.15, 0.2) is 5.13 Å². The van der Waals surface area contributed by atoms with E-state index in [0.29, 0.717) is 18.0 Å². The first-order valence-electron chi connectivity index (χ1n) is 8.11. The lowest BCUT2D eigenvalue weighted by Crippen LogP contribution is -2.43. The molecule has 1 aromatic heterocycles. The average Bonchev–Trinajstić information content (AvgIpc) is 3.21. The summed E-state index contributed by atoms with van der Waals surface area (Å²) in [6, 6.07) is 8.10. The molecule has 0 spiro atoms. The van der Waals surface area contributed by atoms with Crippen molar-refractivity contribution in [3.05, 3.63) is 41.4 Å². The summed E-state index contributed by atoms with van der Waals surface area (Å²) in [5.74, 6) is -0.281. The molecule has 1 aromatic carbocycles. The number of nitrogens with zero attached hydrogens (tertiary/aromatic N) is 4. The second kappa shape index (κ2) is 7.53. The zero-order chi connectivity index (χ0) is 18.7. The van der Waals surface area contributed by atoms with Crippen molar-refractivity contribution in [2.24, 2.45) is 5.92 Å². The first kappa shape index (κ1) is 18.5. The molecular weight excluding hydrogens is 372 g/mol. The number of anilines is 1. The quantitative estimate of drug-likeness (QED) is 0.797. The van der Waals surface area contributed by atoms with E-state index in [-0.39, 0.29) is 35.4 Å². The molecule has 2 heterocycles. The highest BCUT2D eigenvalue weighted by Crippen LogP contribution is 2.28. The minimum absolute atomic E-state index is 0.0205. The van der Waals surface area contributed by atoms with Crippen molar-refractivity contribution in [2.75, 3.05) is 25.0 Å². The maximum Gasteiger partial charge on any atom is 0.244 e. The van der Waals surface area contributed by atoms with Gasteiger partial charge < -0.3 is 0 Å². The summed E-state index contributed by atoms with van der Waals surface area (Å²) in [5.41, 5.74) is 0.134. The van der Waals surface area contributed by atoms with Crippen LogP contribution in [-0.4, -0.2) is 43.8 Å².